The van der Waals surface area contributed by atoms with Gasteiger partial charge in [-0.15, -0.1) is 0 Å². The van der Waals surface area contributed by atoms with Crippen LogP contribution in [0.1, 0.15) is 88.7 Å². The molecule has 0 saturated heterocycles. The molecular weight excluding hydrogens is 412 g/mol. The topological polar surface area (TPSA) is 94.8 Å². The Kier molecular flexibility index (Phi) is 10.9. The molecule has 0 radical (unpaired) electrons. The van der Waals surface area contributed by atoms with Gasteiger partial charge in [-0.1, -0.05) is 95.0 Å². The standard InChI is InChI=1S/C25H38O5S/c1-2-3-4-5-6-7-8-9-10-11-14-21-19-20-15-12-13-16-22(20)25(31(28,29)30)23(21)17-18-24(26)27/h12-13,15-16,19,24,26-27H,2-11,14,17-18H2,1H3,(H,28,29,30). The summed E-state index contributed by atoms with van der Waals surface area (Å²) in [6, 6.07) is 9.09. The van der Waals surface area contributed by atoms with E-state index >= 15 is 0 Å². The summed E-state index contributed by atoms with van der Waals surface area (Å²) in [5.74, 6) is 0. The molecule has 0 amide bonds. The fourth-order valence-electron chi connectivity index (χ4n) is 4.28. The molecule has 0 heterocycles. The molecule has 5 nitrogen and oxygen atoms in total. The summed E-state index contributed by atoms with van der Waals surface area (Å²) in [6.45, 7) is 2.23. The van der Waals surface area contributed by atoms with E-state index in [9.17, 15) is 23.2 Å². The van der Waals surface area contributed by atoms with Crippen LogP contribution in [-0.2, 0) is 23.0 Å². The van der Waals surface area contributed by atoms with Gasteiger partial charge in [-0.25, -0.2) is 0 Å². The molecule has 0 bridgehead atoms. The van der Waals surface area contributed by atoms with Crippen LogP contribution < -0.4 is 0 Å². The molecule has 31 heavy (non-hydrogen) atoms. The first-order valence-electron chi connectivity index (χ1n) is 11.7. The van der Waals surface area contributed by atoms with Crippen molar-refractivity contribution in [1.82, 2.24) is 0 Å². The van der Waals surface area contributed by atoms with E-state index in [0.717, 1.165) is 30.2 Å². The van der Waals surface area contributed by atoms with Crippen LogP contribution in [0.3, 0.4) is 0 Å². The Bertz CT molecular complexity index is 906. The fourth-order valence-corrected chi connectivity index (χ4v) is 5.29. The lowest BCUT2D eigenvalue weighted by Crippen LogP contribution is -2.12. The highest BCUT2D eigenvalue weighted by atomic mass is 32.2. The van der Waals surface area contributed by atoms with Crippen molar-refractivity contribution < 1.29 is 23.2 Å². The van der Waals surface area contributed by atoms with Gasteiger partial charge in [0, 0.05) is 11.8 Å². The van der Waals surface area contributed by atoms with Gasteiger partial charge in [-0.05, 0) is 35.8 Å². The van der Waals surface area contributed by atoms with Crippen molar-refractivity contribution in [2.45, 2.75) is 102 Å². The summed E-state index contributed by atoms with van der Waals surface area (Å²) >= 11 is 0. The second kappa shape index (κ2) is 13.2. The minimum absolute atomic E-state index is 0.0197. The highest BCUT2D eigenvalue weighted by Gasteiger charge is 2.22. The van der Waals surface area contributed by atoms with Gasteiger partial charge in [-0.2, -0.15) is 8.42 Å². The van der Waals surface area contributed by atoms with Crippen LogP contribution in [-0.4, -0.2) is 29.5 Å². The molecule has 0 fully saturated rings. The lowest BCUT2D eigenvalue weighted by molar-refractivity contribution is -0.0448. The molecule has 0 aromatic heterocycles. The van der Waals surface area contributed by atoms with Crippen LogP contribution >= 0.6 is 0 Å². The molecular formula is C25H38O5S. The van der Waals surface area contributed by atoms with E-state index in [1.807, 2.05) is 18.2 Å². The SMILES string of the molecule is CCCCCCCCCCCCc1cc2ccccc2c(S(=O)(=O)O)c1CCC(O)O. The van der Waals surface area contributed by atoms with Crippen molar-refractivity contribution >= 4 is 20.9 Å². The van der Waals surface area contributed by atoms with E-state index < -0.39 is 16.4 Å². The number of rotatable bonds is 15. The third-order valence-corrected chi connectivity index (χ3v) is 6.89. The molecule has 0 aliphatic carbocycles. The zero-order valence-electron chi connectivity index (χ0n) is 18.7. The van der Waals surface area contributed by atoms with E-state index in [4.69, 9.17) is 0 Å². The monoisotopic (exact) mass is 450 g/mol. The molecule has 2 rings (SSSR count). The largest absolute Gasteiger partial charge is 0.368 e. The molecule has 3 N–H and O–H groups in total. The quantitative estimate of drug-likeness (QED) is 0.181. The van der Waals surface area contributed by atoms with E-state index in [-0.39, 0.29) is 17.7 Å². The van der Waals surface area contributed by atoms with Crippen molar-refractivity contribution in [3.05, 3.63) is 41.5 Å². The number of fused-ring (bicyclic) bond motifs is 1. The Hall–Kier alpha value is -1.47. The molecule has 0 spiro atoms. The maximum absolute atomic E-state index is 12.2. The molecule has 0 aliphatic heterocycles. The van der Waals surface area contributed by atoms with Gasteiger partial charge in [-0.3, -0.25) is 4.55 Å². The molecule has 0 atom stereocenters. The van der Waals surface area contributed by atoms with Crippen molar-refractivity contribution in [3.8, 4) is 0 Å². The Labute approximate surface area is 187 Å². The second-order valence-electron chi connectivity index (χ2n) is 8.49. The number of hydrogen-bond donors (Lipinski definition) is 3. The molecule has 0 aliphatic rings. The van der Waals surface area contributed by atoms with E-state index in [1.165, 1.54) is 44.9 Å². The second-order valence-corrected chi connectivity index (χ2v) is 9.85. The molecule has 6 heteroatoms. The predicted octanol–water partition coefficient (Wildman–Crippen LogP) is 5.79. The van der Waals surface area contributed by atoms with Crippen molar-refractivity contribution in [1.29, 1.82) is 0 Å². The molecule has 2 aromatic rings. The number of aliphatic hydroxyl groups is 2. The average Bonchev–Trinajstić information content (AvgIpc) is 2.72. The number of aliphatic hydroxyl groups excluding tert-OH is 1. The number of benzene rings is 2. The van der Waals surface area contributed by atoms with Crippen LogP contribution in [0.25, 0.3) is 10.8 Å². The fraction of sp³-hybridized carbons (Fsp3) is 0.600. The third-order valence-electron chi connectivity index (χ3n) is 5.91. The molecule has 174 valence electrons. The van der Waals surface area contributed by atoms with Gasteiger partial charge in [0.15, 0.2) is 6.29 Å². The van der Waals surface area contributed by atoms with E-state index in [0.29, 0.717) is 17.4 Å². The first-order valence-corrected chi connectivity index (χ1v) is 13.2. The smallest absolute Gasteiger partial charge is 0.295 e. The Morgan fingerprint density at radius 3 is 2.00 bits per heavy atom. The van der Waals surface area contributed by atoms with Gasteiger partial charge in [0.2, 0.25) is 0 Å². The third kappa shape index (κ3) is 8.53. The summed E-state index contributed by atoms with van der Waals surface area (Å²) in [6.07, 6.45) is 11.6. The zero-order chi connectivity index (χ0) is 22.7. The van der Waals surface area contributed by atoms with E-state index in [1.54, 1.807) is 12.1 Å². The lowest BCUT2D eigenvalue weighted by Gasteiger charge is -2.17. The van der Waals surface area contributed by atoms with Gasteiger partial charge < -0.3 is 10.2 Å². The van der Waals surface area contributed by atoms with Gasteiger partial charge in [0.05, 0.1) is 0 Å². The van der Waals surface area contributed by atoms with Crippen molar-refractivity contribution in [2.24, 2.45) is 0 Å². The summed E-state index contributed by atoms with van der Waals surface area (Å²) in [5, 5.41) is 19.9. The molecule has 2 aromatic carbocycles. The Morgan fingerprint density at radius 1 is 0.839 bits per heavy atom. The minimum atomic E-state index is -4.45. The maximum Gasteiger partial charge on any atom is 0.295 e. The van der Waals surface area contributed by atoms with Gasteiger partial charge in [0.25, 0.3) is 10.1 Å². The van der Waals surface area contributed by atoms with Crippen LogP contribution in [0.2, 0.25) is 0 Å². The molecule has 0 saturated carbocycles. The van der Waals surface area contributed by atoms with Crippen LogP contribution in [0.4, 0.5) is 0 Å². The Balaban J connectivity index is 2.07. The lowest BCUT2D eigenvalue weighted by atomic mass is 9.93. The summed E-state index contributed by atoms with van der Waals surface area (Å²) in [4.78, 5) is -0.0895. The number of aryl methyl sites for hydroxylation is 1. The van der Waals surface area contributed by atoms with Crippen LogP contribution in [0, 0.1) is 0 Å². The first-order chi connectivity index (χ1) is 14.8. The van der Waals surface area contributed by atoms with E-state index in [2.05, 4.69) is 6.92 Å². The van der Waals surface area contributed by atoms with Crippen LogP contribution in [0.5, 0.6) is 0 Å². The zero-order valence-corrected chi connectivity index (χ0v) is 19.5. The Morgan fingerprint density at radius 2 is 1.42 bits per heavy atom. The van der Waals surface area contributed by atoms with Gasteiger partial charge >= 0.3 is 0 Å². The maximum atomic E-state index is 12.2. The normalized spacial score (nSPS) is 12.2. The van der Waals surface area contributed by atoms with Crippen LogP contribution in [0.15, 0.2) is 35.2 Å². The van der Waals surface area contributed by atoms with Crippen molar-refractivity contribution in [3.63, 3.8) is 0 Å². The highest BCUT2D eigenvalue weighted by Crippen LogP contribution is 2.32. The van der Waals surface area contributed by atoms with Gasteiger partial charge in [0.1, 0.15) is 4.90 Å². The van der Waals surface area contributed by atoms with Crippen molar-refractivity contribution in [2.75, 3.05) is 0 Å². The number of hydrogen-bond acceptors (Lipinski definition) is 4. The summed E-state index contributed by atoms with van der Waals surface area (Å²) in [5.41, 5.74) is 1.37. The summed E-state index contributed by atoms with van der Waals surface area (Å²) in [7, 11) is -4.45. The average molecular weight is 451 g/mol. The number of unbranched alkanes of at least 4 members (excludes halogenated alkanes) is 9. The first kappa shape index (κ1) is 25.8. The molecule has 0 unspecified atom stereocenters. The summed E-state index contributed by atoms with van der Waals surface area (Å²) < 4.78 is 34.4. The predicted molar refractivity (Wildman–Crippen MR) is 126 cm³/mol. The highest BCUT2D eigenvalue weighted by molar-refractivity contribution is 7.86. The minimum Gasteiger partial charge on any atom is -0.368 e.